The third kappa shape index (κ3) is 28.4. The van der Waals surface area contributed by atoms with Gasteiger partial charge in [-0.15, -0.1) is 11.8 Å². The molecule has 0 aliphatic carbocycles. The van der Waals surface area contributed by atoms with Gasteiger partial charge in [0.2, 0.25) is 94.5 Å². The number of nitrogens with two attached hydrogens (primary N) is 2. The smallest absolute Gasteiger partial charge is 0.303 e. The van der Waals surface area contributed by atoms with Crippen molar-refractivity contribution >= 4 is 140 Å². The number of carbonyl (C=O) groups is 17. The van der Waals surface area contributed by atoms with Crippen molar-refractivity contribution in [3.05, 3.63) is 114 Å². The van der Waals surface area contributed by atoms with Crippen molar-refractivity contribution in [1.29, 1.82) is 0 Å². The van der Waals surface area contributed by atoms with Gasteiger partial charge in [0.1, 0.15) is 90.3 Å². The Balaban J connectivity index is 0.0000215. The van der Waals surface area contributed by atoms with Gasteiger partial charge >= 0.3 is 5.97 Å². The number of H-pyrrole nitrogens is 2. The van der Waals surface area contributed by atoms with Crippen LogP contribution in [0.2, 0.25) is 0 Å². The highest BCUT2D eigenvalue weighted by molar-refractivity contribution is 8.00. The molecule has 132 heavy (non-hydrogen) atoms. The second-order valence-electron chi connectivity index (χ2n) is 33.5. The first-order valence-corrected chi connectivity index (χ1v) is 45.3. The Morgan fingerprint density at radius 3 is 1.70 bits per heavy atom. The van der Waals surface area contributed by atoms with E-state index >= 15 is 33.6 Å². The van der Waals surface area contributed by atoms with Gasteiger partial charge in [0.05, 0.1) is 25.0 Å². The van der Waals surface area contributed by atoms with E-state index in [2.05, 4.69) is 68.1 Å². The number of benzene rings is 3. The highest BCUT2D eigenvalue weighted by Crippen LogP contribution is 2.28. The van der Waals surface area contributed by atoms with Crippen LogP contribution in [0.1, 0.15) is 148 Å². The van der Waals surface area contributed by atoms with Crippen LogP contribution in [0.3, 0.4) is 0 Å². The molecule has 2 aromatic heterocycles. The zero-order chi connectivity index (χ0) is 95.4. The maximum atomic E-state index is 15.6. The molecule has 3 fully saturated rings. The molecule has 0 spiro atoms. The molecular formula is C90H126N20O21S. The molecule has 6 heterocycles. The standard InChI is InChI=1S/C89H122N20O21S.CH4/c1-8-10-23-69-82(123)96-49(3)76(117)104-68(78(119)95-44-73(91)113)47-131-48-74(114)97-65(36-51-26-28-55(111)29-27-51)85(126)105(5)50(4)77(118)98-61(22-16-33-90)87(128)108-35-17-25-70(108)83(124)100-63(37-52-32-34-92-41-52)79(120)99-62(30-31-75(115)116)88(129)109-45-56(112)40-72(109)84(125)101-64(38-53-42-93-59-20-14-12-18-57(53)59)80(121)103-67(46-110)81(122)102-66(39-54-43-94-60-21-15-13-19-58(54)60)86(127)107(7)71(24-11-9-2)89(130)106(69)6;/h12-15,18-21,26-29,34,41-43,49-50,56,61-72,93-94,110-112H,8-11,16-17,22-25,30-33,35-40,44-48,90H2,1-7H3,(H2,91,113)(H,95,119)(H,96,123)(H,97,114)(H,98,118)(H,99,120)(H,100,124)(H,101,125)(H,102,122)(H,103,121)(H,104,117)(H,115,116);1H4/t49-,50-,56+,61-,62-,63-,64-,65-,66-,67-,68-,69-,70-,71-,72-;/m0./s1. The number of carboxylic acids is 1. The van der Waals surface area contributed by atoms with Gasteiger partial charge in [0.15, 0.2) is 0 Å². The Morgan fingerprint density at radius 2 is 1.10 bits per heavy atom. The maximum Gasteiger partial charge on any atom is 0.303 e. The summed E-state index contributed by atoms with van der Waals surface area (Å²) >= 11 is 0.800. The van der Waals surface area contributed by atoms with Gasteiger partial charge in [-0.25, -0.2) is 0 Å². The van der Waals surface area contributed by atoms with Crippen LogP contribution in [0.5, 0.6) is 5.75 Å². The fraction of sp³-hybridized carbons (Fsp3) is 0.533. The lowest BCUT2D eigenvalue weighted by atomic mass is 10.00. The number of para-hydroxylation sites is 2. The lowest BCUT2D eigenvalue weighted by molar-refractivity contribution is -0.149. The molecule has 0 bridgehead atoms. The van der Waals surface area contributed by atoms with Crippen LogP contribution in [0.15, 0.2) is 102 Å². The molecule has 0 unspecified atom stereocenters. The minimum absolute atomic E-state index is 0. The Kier molecular flexibility index (Phi) is 39.6. The predicted molar refractivity (Wildman–Crippen MR) is 488 cm³/mol. The maximum absolute atomic E-state index is 15.6. The first kappa shape index (κ1) is 105. The topological polar surface area (TPSA) is 604 Å². The molecule has 0 saturated carbocycles. The number of carboxylic acid groups (broad SMARTS) is 1. The molecule has 20 N–H and O–H groups in total. The van der Waals surface area contributed by atoms with Gasteiger partial charge in [-0.1, -0.05) is 95.5 Å². The van der Waals surface area contributed by atoms with Crippen molar-refractivity contribution in [3.63, 3.8) is 0 Å². The Labute approximate surface area is 768 Å². The molecule has 718 valence electrons. The van der Waals surface area contributed by atoms with Crippen molar-refractivity contribution in [2.24, 2.45) is 16.5 Å². The predicted octanol–water partition coefficient (Wildman–Crippen LogP) is -1.07. The molecule has 42 heteroatoms. The number of primary amides is 1. The number of aliphatic hydroxyl groups excluding tert-OH is 2. The minimum Gasteiger partial charge on any atom is -0.508 e. The second kappa shape index (κ2) is 50.0. The minimum atomic E-state index is -1.91. The third-order valence-corrected chi connectivity index (χ3v) is 24.9. The number of aliphatic imine (C=N–C) groups is 1. The normalized spacial score (nSPS) is 25.4. The van der Waals surface area contributed by atoms with E-state index in [0.717, 1.165) is 31.4 Å². The number of rotatable bonds is 24. The fourth-order valence-electron chi connectivity index (χ4n) is 16.3. The number of phenols is 1. The number of aromatic hydroxyl groups is 1. The number of likely N-dealkylation sites (N-methyl/N-ethyl adjacent to an activating group) is 3. The molecule has 41 nitrogen and oxygen atoms in total. The van der Waals surface area contributed by atoms with Crippen LogP contribution in [0, 0.1) is 0 Å². The molecule has 0 radical (unpaired) electrons. The number of nitrogens with one attached hydrogen (secondary N) is 12. The van der Waals surface area contributed by atoms with E-state index in [-0.39, 0.29) is 103 Å². The van der Waals surface area contributed by atoms with E-state index in [1.54, 1.807) is 60.9 Å². The molecule has 4 aliphatic rings. The first-order valence-electron chi connectivity index (χ1n) is 44.1. The van der Waals surface area contributed by atoms with E-state index in [9.17, 15) is 68.4 Å². The van der Waals surface area contributed by atoms with Crippen LogP contribution in [-0.2, 0) is 101 Å². The summed E-state index contributed by atoms with van der Waals surface area (Å²) in [5.74, 6) is -17.1. The Bertz CT molecular complexity index is 5020. The number of hydrogen-bond acceptors (Lipinski definition) is 23. The zero-order valence-electron chi connectivity index (χ0n) is 74.6. The molecule has 5 aromatic rings. The molecule has 3 saturated heterocycles. The van der Waals surface area contributed by atoms with Crippen molar-refractivity contribution in [3.8, 4) is 5.75 Å². The van der Waals surface area contributed by atoms with Gasteiger partial charge in [0.25, 0.3) is 0 Å². The average molecular weight is 1860 g/mol. The van der Waals surface area contributed by atoms with Gasteiger partial charge in [0, 0.05) is 125 Å². The molecule has 15 atom stereocenters. The number of fused-ring (bicyclic) bond motifs is 4. The number of phenolic OH excluding ortho intramolecular Hbond substituents is 1. The monoisotopic (exact) mass is 1850 g/mol. The van der Waals surface area contributed by atoms with Crippen LogP contribution in [0.4, 0.5) is 0 Å². The van der Waals surface area contributed by atoms with Crippen molar-refractivity contribution in [2.75, 3.05) is 65.4 Å². The average Bonchev–Trinajstić information content (AvgIpc) is 1.75. The zero-order valence-corrected chi connectivity index (χ0v) is 75.4. The van der Waals surface area contributed by atoms with E-state index in [1.165, 1.54) is 76.6 Å². The van der Waals surface area contributed by atoms with Crippen molar-refractivity contribution in [2.45, 2.75) is 241 Å². The quantitative estimate of drug-likeness (QED) is 0.0350. The van der Waals surface area contributed by atoms with Crippen LogP contribution >= 0.6 is 11.8 Å². The largest absolute Gasteiger partial charge is 0.508 e. The summed E-state index contributed by atoms with van der Waals surface area (Å²) in [6.45, 7) is 3.98. The highest BCUT2D eigenvalue weighted by Gasteiger charge is 2.47. The summed E-state index contributed by atoms with van der Waals surface area (Å²) in [4.78, 5) is 264. The van der Waals surface area contributed by atoms with Gasteiger partial charge in [-0.2, -0.15) is 0 Å². The number of aromatic nitrogens is 2. The first-order chi connectivity index (χ1) is 62.5. The number of unbranched alkanes of at least 4 members (excludes halogenated alkanes) is 2. The summed E-state index contributed by atoms with van der Waals surface area (Å²) in [6, 6.07) is -1.75. The van der Waals surface area contributed by atoms with Crippen LogP contribution in [-0.4, -0.2) is 318 Å². The summed E-state index contributed by atoms with van der Waals surface area (Å²) in [5, 5.41) is 70.4. The van der Waals surface area contributed by atoms with E-state index in [1.807, 2.05) is 13.8 Å². The van der Waals surface area contributed by atoms with Crippen molar-refractivity contribution in [1.82, 2.24) is 87.6 Å². The number of thioether (sulfide) groups is 1. The Morgan fingerprint density at radius 1 is 0.561 bits per heavy atom. The summed E-state index contributed by atoms with van der Waals surface area (Å²) in [5.41, 5.74) is 14.5. The second-order valence-corrected chi connectivity index (χ2v) is 34.5. The third-order valence-electron chi connectivity index (χ3n) is 23.9. The SMILES string of the molecule is C.CCCC[C@H]1C(=O)N(C)[C@@H](CCCC)C(=O)N[C@@H](C)C(=O)N[C@H](C(=O)NCC(N)=O)CSCC(=O)N[C@@H](Cc2ccc(O)cc2)C(=O)N(C)[C@@H](C)C(=O)N[C@@H](CCCN)C(=O)N2CCC[C@H]2C(=O)N[C@@H](CC2=CN=CC2)C(=O)N[C@@H](CCC(=O)O)C(=O)N2C[C@H](O)C[C@H]2C(=O)N[C@@H](Cc2c[nH]c3ccccc23)C(=O)N[C@@H](CO)C(=O)N[C@@H](Cc2c[nH]c3ccccc23)C(=O)N1C. The summed E-state index contributed by atoms with van der Waals surface area (Å²) < 4.78 is 0. The summed E-state index contributed by atoms with van der Waals surface area (Å²) in [7, 11) is 3.97. The number of aliphatic hydroxyl groups is 2. The fourth-order valence-corrected chi connectivity index (χ4v) is 17.2. The van der Waals surface area contributed by atoms with Crippen molar-refractivity contribution < 1.29 is 102 Å². The van der Waals surface area contributed by atoms with E-state index in [0.29, 0.717) is 69.8 Å². The van der Waals surface area contributed by atoms with Crippen LogP contribution < -0.4 is 64.6 Å². The lowest BCUT2D eigenvalue weighted by Gasteiger charge is -2.36. The van der Waals surface area contributed by atoms with Gasteiger partial charge in [-0.05, 0) is 118 Å². The summed E-state index contributed by atoms with van der Waals surface area (Å²) in [6.07, 6.45) is 4.18. The molecule has 3 aromatic carbocycles. The Hall–Kier alpha value is -12.8. The number of hydrogen-bond donors (Lipinski definition) is 18. The van der Waals surface area contributed by atoms with Crippen LogP contribution in [0.25, 0.3) is 21.8 Å². The number of aliphatic carboxylic acids is 1. The molecule has 4 aliphatic heterocycles. The van der Waals surface area contributed by atoms with E-state index in [4.69, 9.17) is 11.5 Å². The van der Waals surface area contributed by atoms with Gasteiger partial charge in [-0.3, -0.25) is 86.5 Å². The molecule has 16 amide bonds. The number of nitrogens with zero attached hydrogens (tertiary/aromatic N) is 6. The lowest BCUT2D eigenvalue weighted by Crippen LogP contribution is -2.61. The number of carbonyl (C=O) groups excluding carboxylic acids is 16. The van der Waals surface area contributed by atoms with E-state index < -0.39 is 236 Å². The molecular weight excluding hydrogens is 1730 g/mol. The molecule has 9 rings (SSSR count). The highest BCUT2D eigenvalue weighted by atomic mass is 32.2. The number of aromatic amines is 2. The van der Waals surface area contributed by atoms with Gasteiger partial charge < -0.3 is 120 Å². The number of amides is 16.